The molecule has 1 aliphatic rings. The van der Waals surface area contributed by atoms with Crippen LogP contribution in [0.15, 0.2) is 21.9 Å². The average Bonchev–Trinajstić information content (AvgIpc) is 2.47. The first-order valence-electron chi connectivity index (χ1n) is 6.28. The first-order valence-corrected chi connectivity index (χ1v) is 7.44. The van der Waals surface area contributed by atoms with Crippen LogP contribution < -0.4 is 11.2 Å². The van der Waals surface area contributed by atoms with Crippen LogP contribution in [0.1, 0.15) is 0 Å². The molecule has 0 aliphatic carbocycles. The Morgan fingerprint density at radius 2 is 2.14 bits per heavy atom. The highest BCUT2D eigenvalue weighted by Gasteiger charge is 2.32. The van der Waals surface area contributed by atoms with Crippen molar-refractivity contribution in [1.29, 1.82) is 0 Å². The Morgan fingerprint density at radius 3 is 2.81 bits per heavy atom. The van der Waals surface area contributed by atoms with Crippen molar-refractivity contribution < 1.29 is 14.7 Å². The number of hydrogen-bond acceptors (Lipinski definition) is 5. The summed E-state index contributed by atoms with van der Waals surface area (Å²) in [5.74, 6) is -0.493. The van der Waals surface area contributed by atoms with Gasteiger partial charge in [0.15, 0.2) is 0 Å². The normalized spacial score (nSPS) is 18.5. The van der Waals surface area contributed by atoms with Crippen LogP contribution in [0, 0.1) is 0 Å². The zero-order chi connectivity index (χ0) is 15.6. The molecule has 1 aromatic heterocycles. The van der Waals surface area contributed by atoms with Crippen molar-refractivity contribution in [2.24, 2.45) is 7.05 Å². The first-order chi connectivity index (χ1) is 9.91. The van der Waals surface area contributed by atoms with Gasteiger partial charge in [0, 0.05) is 37.4 Å². The smallest absolute Gasteiger partial charge is 0.331 e. The number of carbonyl (C=O) groups is 2. The van der Waals surface area contributed by atoms with Gasteiger partial charge >= 0.3 is 11.7 Å². The number of hydrogen-bond donors (Lipinski definition) is 1. The zero-order valence-corrected chi connectivity index (χ0v) is 12.2. The van der Waals surface area contributed by atoms with Crippen molar-refractivity contribution in [3.63, 3.8) is 0 Å². The number of carboxylic acids is 1. The van der Waals surface area contributed by atoms with Crippen molar-refractivity contribution >= 4 is 23.6 Å². The van der Waals surface area contributed by atoms with Crippen LogP contribution in [0.2, 0.25) is 0 Å². The van der Waals surface area contributed by atoms with Gasteiger partial charge in [-0.2, -0.15) is 11.8 Å². The Bertz CT molecular complexity index is 680. The van der Waals surface area contributed by atoms with E-state index in [9.17, 15) is 19.2 Å². The average molecular weight is 313 g/mol. The highest BCUT2D eigenvalue weighted by molar-refractivity contribution is 7.99. The fourth-order valence-electron chi connectivity index (χ4n) is 2.08. The fraction of sp³-hybridized carbons (Fsp3) is 0.500. The maximum atomic E-state index is 12.2. The number of aliphatic carboxylic acids is 1. The Morgan fingerprint density at radius 1 is 1.43 bits per heavy atom. The summed E-state index contributed by atoms with van der Waals surface area (Å²) in [5.41, 5.74) is -1.06. The summed E-state index contributed by atoms with van der Waals surface area (Å²) in [6.45, 7) is 0.0579. The summed E-state index contributed by atoms with van der Waals surface area (Å²) in [7, 11) is 1.32. The number of nitrogens with zero attached hydrogens (tertiary/aromatic N) is 3. The summed E-state index contributed by atoms with van der Waals surface area (Å²) in [6, 6.07) is 0.314. The fourth-order valence-corrected chi connectivity index (χ4v) is 3.12. The van der Waals surface area contributed by atoms with Gasteiger partial charge in [-0.15, -0.1) is 0 Å². The molecule has 1 unspecified atom stereocenters. The van der Waals surface area contributed by atoms with Gasteiger partial charge < -0.3 is 10.0 Å². The van der Waals surface area contributed by atoms with E-state index in [-0.39, 0.29) is 6.54 Å². The molecule has 1 aromatic rings. The molecule has 1 aliphatic heterocycles. The quantitative estimate of drug-likeness (QED) is 0.734. The van der Waals surface area contributed by atoms with Crippen LogP contribution in [0.4, 0.5) is 0 Å². The number of thioether (sulfide) groups is 1. The van der Waals surface area contributed by atoms with Crippen LogP contribution >= 0.6 is 11.8 Å². The van der Waals surface area contributed by atoms with E-state index in [4.69, 9.17) is 5.11 Å². The lowest BCUT2D eigenvalue weighted by molar-refractivity contribution is -0.149. The molecule has 21 heavy (non-hydrogen) atoms. The lowest BCUT2D eigenvalue weighted by Crippen LogP contribution is -2.52. The van der Waals surface area contributed by atoms with Crippen LogP contribution in [0.25, 0.3) is 0 Å². The van der Waals surface area contributed by atoms with Gasteiger partial charge in [0.05, 0.1) is 0 Å². The van der Waals surface area contributed by atoms with E-state index in [1.165, 1.54) is 36.0 Å². The molecule has 8 nitrogen and oxygen atoms in total. The molecule has 1 fully saturated rings. The molecular weight excluding hydrogens is 298 g/mol. The van der Waals surface area contributed by atoms with E-state index in [2.05, 4.69) is 0 Å². The van der Waals surface area contributed by atoms with Crippen molar-refractivity contribution in [1.82, 2.24) is 14.0 Å². The second-order valence-electron chi connectivity index (χ2n) is 4.64. The zero-order valence-electron chi connectivity index (χ0n) is 11.4. The minimum Gasteiger partial charge on any atom is -0.480 e. The predicted octanol–water partition coefficient (Wildman–Crippen LogP) is -1.42. The molecular formula is C12H15N3O5S. The second kappa shape index (κ2) is 6.17. The number of amides is 1. The van der Waals surface area contributed by atoms with Crippen LogP contribution in [-0.4, -0.2) is 55.1 Å². The molecule has 114 valence electrons. The third-order valence-electron chi connectivity index (χ3n) is 3.30. The molecule has 0 aromatic carbocycles. The molecule has 1 amide bonds. The van der Waals surface area contributed by atoms with Gasteiger partial charge in [-0.1, -0.05) is 0 Å². The molecule has 9 heteroatoms. The predicted molar refractivity (Wildman–Crippen MR) is 76.4 cm³/mol. The van der Waals surface area contributed by atoms with Gasteiger partial charge in [0.1, 0.15) is 12.6 Å². The van der Waals surface area contributed by atoms with Gasteiger partial charge in [0.2, 0.25) is 5.91 Å². The number of carbonyl (C=O) groups excluding carboxylic acids is 1. The molecule has 0 spiro atoms. The van der Waals surface area contributed by atoms with E-state index in [1.807, 2.05) is 0 Å². The van der Waals surface area contributed by atoms with Gasteiger partial charge in [0.25, 0.3) is 5.56 Å². The van der Waals surface area contributed by atoms with Crippen LogP contribution in [0.5, 0.6) is 0 Å². The van der Waals surface area contributed by atoms with Gasteiger partial charge in [-0.05, 0) is 0 Å². The SMILES string of the molecule is Cn1c(=O)ccn(CC(=O)N2CCSCC2C(=O)O)c1=O. The Balaban J connectivity index is 2.21. The Hall–Kier alpha value is -2.03. The molecule has 2 rings (SSSR count). The minimum atomic E-state index is -1.05. The summed E-state index contributed by atoms with van der Waals surface area (Å²) in [5, 5.41) is 9.14. The summed E-state index contributed by atoms with van der Waals surface area (Å²) in [4.78, 5) is 47.8. The monoisotopic (exact) mass is 313 g/mol. The molecule has 0 radical (unpaired) electrons. The Kier molecular flexibility index (Phi) is 4.51. The van der Waals surface area contributed by atoms with Crippen molar-refractivity contribution in [3.05, 3.63) is 33.1 Å². The Labute approximate surface area is 124 Å². The third-order valence-corrected chi connectivity index (χ3v) is 4.32. The molecule has 2 heterocycles. The topological polar surface area (TPSA) is 102 Å². The molecule has 1 atom stereocenters. The number of aromatic nitrogens is 2. The number of carboxylic acid groups (broad SMARTS) is 1. The lowest BCUT2D eigenvalue weighted by atomic mass is 10.2. The van der Waals surface area contributed by atoms with Gasteiger partial charge in [-0.3, -0.25) is 18.7 Å². The third kappa shape index (κ3) is 3.18. The van der Waals surface area contributed by atoms with E-state index in [1.54, 1.807) is 0 Å². The lowest BCUT2D eigenvalue weighted by Gasteiger charge is -2.32. The maximum absolute atomic E-state index is 12.2. The van der Waals surface area contributed by atoms with Crippen LogP contribution in [0.3, 0.4) is 0 Å². The first kappa shape index (κ1) is 15.4. The molecule has 1 saturated heterocycles. The number of rotatable bonds is 3. The highest BCUT2D eigenvalue weighted by atomic mass is 32.2. The summed E-state index contributed by atoms with van der Waals surface area (Å²) < 4.78 is 2.00. The van der Waals surface area contributed by atoms with Crippen molar-refractivity contribution in [2.75, 3.05) is 18.1 Å². The minimum absolute atomic E-state index is 0.276. The maximum Gasteiger partial charge on any atom is 0.331 e. The highest BCUT2D eigenvalue weighted by Crippen LogP contribution is 2.17. The van der Waals surface area contributed by atoms with E-state index >= 15 is 0 Å². The van der Waals surface area contributed by atoms with E-state index in [0.717, 1.165) is 9.13 Å². The molecule has 0 bridgehead atoms. The second-order valence-corrected chi connectivity index (χ2v) is 5.79. The molecule has 0 saturated carbocycles. The van der Waals surface area contributed by atoms with Crippen molar-refractivity contribution in [2.45, 2.75) is 12.6 Å². The van der Waals surface area contributed by atoms with Crippen LogP contribution in [-0.2, 0) is 23.2 Å². The largest absolute Gasteiger partial charge is 0.480 e. The van der Waals surface area contributed by atoms with Crippen molar-refractivity contribution in [3.8, 4) is 0 Å². The van der Waals surface area contributed by atoms with E-state index in [0.29, 0.717) is 18.1 Å². The standard InChI is InChI=1S/C12H15N3O5S/c1-13-9(16)2-3-14(12(13)20)6-10(17)15-4-5-21-7-8(15)11(18)19/h2-3,8H,4-7H2,1H3,(H,18,19). The van der Waals surface area contributed by atoms with E-state index < -0.39 is 29.2 Å². The molecule has 1 N–H and O–H groups in total. The van der Waals surface area contributed by atoms with Gasteiger partial charge in [-0.25, -0.2) is 9.59 Å². The summed E-state index contributed by atoms with van der Waals surface area (Å²) in [6.07, 6.45) is 1.25. The summed E-state index contributed by atoms with van der Waals surface area (Å²) >= 11 is 1.48.